The molecule has 134 valence electrons. The molecule has 0 fully saturated rings. The highest BCUT2D eigenvalue weighted by Gasteiger charge is 2.28. The van der Waals surface area contributed by atoms with Crippen molar-refractivity contribution >= 4 is 5.91 Å². The normalized spacial score (nSPS) is 16.7. The predicted octanol–water partition coefficient (Wildman–Crippen LogP) is 1.62. The van der Waals surface area contributed by atoms with Gasteiger partial charge in [-0.15, -0.1) is 5.10 Å². The van der Waals surface area contributed by atoms with Crippen molar-refractivity contribution in [1.29, 1.82) is 0 Å². The maximum atomic E-state index is 12.6. The fourth-order valence-corrected chi connectivity index (χ4v) is 3.12. The highest BCUT2D eigenvalue weighted by molar-refractivity contribution is 5.82. The Labute approximate surface area is 149 Å². The Hall–Kier alpha value is -3.10. The van der Waals surface area contributed by atoms with Crippen molar-refractivity contribution in [2.24, 2.45) is 0 Å². The summed E-state index contributed by atoms with van der Waals surface area (Å²) in [6.45, 7) is 2.93. The summed E-state index contributed by atoms with van der Waals surface area (Å²) in [5.41, 5.74) is 2.00. The second kappa shape index (κ2) is 7.03. The van der Waals surface area contributed by atoms with Gasteiger partial charge in [0.15, 0.2) is 5.82 Å². The molecule has 0 aliphatic carbocycles. The standard InChI is InChI=1S/C17H19N7O2/c1-11-5-4-6-12(9-11)15-19-14(26-21-15)10-18-17(25)13-7-2-3-8-24-16(13)20-22-23-24/h4-6,9,13H,2-3,7-8,10H2,1H3,(H,18,25)/t13-/m1/s1. The summed E-state index contributed by atoms with van der Waals surface area (Å²) in [5.74, 6) is 1.01. The van der Waals surface area contributed by atoms with Crippen molar-refractivity contribution < 1.29 is 9.32 Å². The third kappa shape index (κ3) is 3.32. The molecule has 1 atom stereocenters. The molecule has 9 heteroatoms. The Bertz CT molecular complexity index is 917. The third-order valence-electron chi connectivity index (χ3n) is 4.46. The smallest absolute Gasteiger partial charge is 0.246 e. The van der Waals surface area contributed by atoms with E-state index in [2.05, 4.69) is 31.0 Å². The van der Waals surface area contributed by atoms with E-state index in [9.17, 15) is 4.79 Å². The fraction of sp³-hybridized carbons (Fsp3) is 0.412. The monoisotopic (exact) mass is 353 g/mol. The number of hydrogen-bond acceptors (Lipinski definition) is 7. The van der Waals surface area contributed by atoms with Crippen LogP contribution in [0.25, 0.3) is 11.4 Å². The summed E-state index contributed by atoms with van der Waals surface area (Å²) in [4.78, 5) is 16.9. The van der Waals surface area contributed by atoms with Crippen LogP contribution < -0.4 is 5.32 Å². The summed E-state index contributed by atoms with van der Waals surface area (Å²) in [5, 5.41) is 18.5. The van der Waals surface area contributed by atoms with Crippen LogP contribution in [0.3, 0.4) is 0 Å². The summed E-state index contributed by atoms with van der Waals surface area (Å²) < 4.78 is 6.96. The SMILES string of the molecule is Cc1cccc(-c2noc(CNC(=O)[C@@H]3CCCCn4nnnc43)n2)c1. The molecule has 0 spiro atoms. The molecule has 0 saturated carbocycles. The number of aryl methyl sites for hydroxylation is 2. The van der Waals surface area contributed by atoms with Gasteiger partial charge in [-0.3, -0.25) is 4.79 Å². The zero-order valence-corrected chi connectivity index (χ0v) is 14.4. The van der Waals surface area contributed by atoms with E-state index >= 15 is 0 Å². The average Bonchev–Trinajstić information content (AvgIpc) is 3.26. The molecule has 0 bridgehead atoms. The zero-order valence-electron chi connectivity index (χ0n) is 14.4. The number of amides is 1. The average molecular weight is 353 g/mol. The highest BCUT2D eigenvalue weighted by atomic mass is 16.5. The van der Waals surface area contributed by atoms with Gasteiger partial charge in [0.2, 0.25) is 17.6 Å². The van der Waals surface area contributed by atoms with Crippen LogP contribution in [-0.2, 0) is 17.9 Å². The molecule has 0 radical (unpaired) electrons. The van der Waals surface area contributed by atoms with Crippen LogP contribution in [0.1, 0.15) is 42.5 Å². The fourth-order valence-electron chi connectivity index (χ4n) is 3.12. The van der Waals surface area contributed by atoms with Crippen molar-refractivity contribution in [3.63, 3.8) is 0 Å². The van der Waals surface area contributed by atoms with E-state index in [1.54, 1.807) is 4.68 Å². The van der Waals surface area contributed by atoms with Crippen molar-refractivity contribution in [2.75, 3.05) is 0 Å². The number of fused-ring (bicyclic) bond motifs is 1. The molecule has 4 rings (SSSR count). The lowest BCUT2D eigenvalue weighted by atomic mass is 10.0. The van der Waals surface area contributed by atoms with Crippen molar-refractivity contribution in [3.8, 4) is 11.4 Å². The quantitative estimate of drug-likeness (QED) is 0.758. The maximum absolute atomic E-state index is 12.6. The van der Waals surface area contributed by atoms with Crippen molar-refractivity contribution in [3.05, 3.63) is 41.5 Å². The van der Waals surface area contributed by atoms with Crippen LogP contribution >= 0.6 is 0 Å². The van der Waals surface area contributed by atoms with Gasteiger partial charge < -0.3 is 9.84 Å². The number of rotatable bonds is 4. The maximum Gasteiger partial charge on any atom is 0.246 e. The third-order valence-corrected chi connectivity index (χ3v) is 4.46. The van der Waals surface area contributed by atoms with E-state index in [4.69, 9.17) is 4.52 Å². The van der Waals surface area contributed by atoms with Crippen LogP contribution in [-0.4, -0.2) is 36.3 Å². The minimum absolute atomic E-state index is 0.127. The second-order valence-corrected chi connectivity index (χ2v) is 6.41. The number of benzene rings is 1. The van der Waals surface area contributed by atoms with Gasteiger partial charge in [-0.2, -0.15) is 4.98 Å². The number of nitrogens with one attached hydrogen (secondary N) is 1. The predicted molar refractivity (Wildman–Crippen MR) is 90.7 cm³/mol. The largest absolute Gasteiger partial charge is 0.346 e. The molecule has 1 amide bonds. The van der Waals surface area contributed by atoms with Gasteiger partial charge in [0.05, 0.1) is 12.5 Å². The lowest BCUT2D eigenvalue weighted by molar-refractivity contribution is -0.123. The van der Waals surface area contributed by atoms with Gasteiger partial charge in [-0.1, -0.05) is 35.3 Å². The summed E-state index contributed by atoms with van der Waals surface area (Å²) >= 11 is 0. The molecule has 9 nitrogen and oxygen atoms in total. The lowest BCUT2D eigenvalue weighted by Crippen LogP contribution is -2.30. The first-order chi connectivity index (χ1) is 12.7. The molecule has 26 heavy (non-hydrogen) atoms. The van der Waals surface area contributed by atoms with Crippen LogP contribution in [0.2, 0.25) is 0 Å². The molecule has 3 heterocycles. The number of nitrogens with zero attached hydrogens (tertiary/aromatic N) is 6. The summed E-state index contributed by atoms with van der Waals surface area (Å²) in [6, 6.07) is 7.86. The Morgan fingerprint density at radius 2 is 2.31 bits per heavy atom. The first-order valence-corrected chi connectivity index (χ1v) is 8.64. The topological polar surface area (TPSA) is 112 Å². The molecule has 0 saturated heterocycles. The Morgan fingerprint density at radius 1 is 1.38 bits per heavy atom. The van der Waals surface area contributed by atoms with E-state index in [0.717, 1.165) is 36.9 Å². The Morgan fingerprint density at radius 3 is 3.19 bits per heavy atom. The summed E-state index contributed by atoms with van der Waals surface area (Å²) in [7, 11) is 0. The molecule has 0 unspecified atom stereocenters. The molecule has 2 aromatic heterocycles. The van der Waals surface area contributed by atoms with Gasteiger partial charge >= 0.3 is 0 Å². The molecule has 1 aliphatic heterocycles. The molecule has 3 aromatic rings. The van der Waals surface area contributed by atoms with Gasteiger partial charge in [0, 0.05) is 12.1 Å². The number of carbonyl (C=O) groups excluding carboxylic acids is 1. The number of carbonyl (C=O) groups is 1. The minimum atomic E-state index is -0.355. The second-order valence-electron chi connectivity index (χ2n) is 6.41. The van der Waals surface area contributed by atoms with E-state index in [1.807, 2.05) is 31.2 Å². The first-order valence-electron chi connectivity index (χ1n) is 8.64. The van der Waals surface area contributed by atoms with Gasteiger partial charge in [0.1, 0.15) is 0 Å². The minimum Gasteiger partial charge on any atom is -0.346 e. The molecular weight excluding hydrogens is 334 g/mol. The first kappa shape index (κ1) is 16.4. The van der Waals surface area contributed by atoms with Crippen LogP contribution in [0.15, 0.2) is 28.8 Å². The molecular formula is C17H19N7O2. The number of tetrazole rings is 1. The summed E-state index contributed by atoms with van der Waals surface area (Å²) in [6.07, 6.45) is 2.64. The van der Waals surface area contributed by atoms with E-state index in [0.29, 0.717) is 17.5 Å². The van der Waals surface area contributed by atoms with Gasteiger partial charge in [0.25, 0.3) is 0 Å². The van der Waals surface area contributed by atoms with Crippen molar-refractivity contribution in [2.45, 2.75) is 45.2 Å². The van der Waals surface area contributed by atoms with E-state index in [-0.39, 0.29) is 18.4 Å². The lowest BCUT2D eigenvalue weighted by Gasteiger charge is -2.12. The molecule has 1 aliphatic rings. The van der Waals surface area contributed by atoms with Gasteiger partial charge in [-0.05, 0) is 36.3 Å². The highest BCUT2D eigenvalue weighted by Crippen LogP contribution is 2.24. The number of hydrogen-bond donors (Lipinski definition) is 1. The zero-order chi connectivity index (χ0) is 17.9. The molecule has 1 N–H and O–H groups in total. The van der Waals surface area contributed by atoms with Crippen LogP contribution in [0.5, 0.6) is 0 Å². The van der Waals surface area contributed by atoms with Crippen LogP contribution in [0, 0.1) is 6.92 Å². The van der Waals surface area contributed by atoms with Crippen molar-refractivity contribution in [1.82, 2.24) is 35.7 Å². The molecule has 1 aromatic carbocycles. The number of aromatic nitrogens is 6. The van der Waals surface area contributed by atoms with Gasteiger partial charge in [-0.25, -0.2) is 4.68 Å². The van der Waals surface area contributed by atoms with E-state index in [1.165, 1.54) is 0 Å². The van der Waals surface area contributed by atoms with E-state index < -0.39 is 0 Å². The van der Waals surface area contributed by atoms with Crippen LogP contribution in [0.4, 0.5) is 0 Å². The Balaban J connectivity index is 1.43. The Kier molecular flexibility index (Phi) is 4.42.